The summed E-state index contributed by atoms with van der Waals surface area (Å²) >= 11 is 2.78. The number of hydrogen-bond donors (Lipinski definition) is 1. The van der Waals surface area contributed by atoms with Crippen molar-refractivity contribution in [2.45, 2.75) is 6.54 Å². The van der Waals surface area contributed by atoms with Crippen LogP contribution in [0.15, 0.2) is 47.4 Å². The Bertz CT molecular complexity index is 991. The number of carbonyl (C=O) groups excluding carboxylic acids is 1. The number of fused-ring (bicyclic) bond motifs is 1. The summed E-state index contributed by atoms with van der Waals surface area (Å²) in [5.74, 6) is -0.651. The molecule has 1 aromatic carbocycles. The zero-order chi connectivity index (χ0) is 16.5. The van der Waals surface area contributed by atoms with Crippen molar-refractivity contribution in [3.8, 4) is 10.6 Å². The van der Waals surface area contributed by atoms with Crippen LogP contribution in [-0.4, -0.2) is 20.3 Å². The maximum atomic E-state index is 13.8. The van der Waals surface area contributed by atoms with E-state index in [0.29, 0.717) is 17.1 Å². The van der Waals surface area contributed by atoms with Gasteiger partial charge in [0.05, 0.1) is 12.2 Å². The molecule has 3 heterocycles. The van der Waals surface area contributed by atoms with Gasteiger partial charge in [0, 0.05) is 28.7 Å². The number of thiazole rings is 2. The number of carbonyl (C=O) groups is 1. The molecule has 1 N–H and O–H groups in total. The summed E-state index contributed by atoms with van der Waals surface area (Å²) in [6.07, 6.45) is 3.79. The first-order chi connectivity index (χ1) is 11.7. The maximum Gasteiger partial charge on any atom is 0.271 e. The van der Waals surface area contributed by atoms with Crippen molar-refractivity contribution in [1.29, 1.82) is 0 Å². The van der Waals surface area contributed by atoms with Gasteiger partial charge in [-0.2, -0.15) is 0 Å². The third-order valence-electron chi connectivity index (χ3n) is 3.41. The first-order valence-corrected chi connectivity index (χ1v) is 8.86. The summed E-state index contributed by atoms with van der Waals surface area (Å²) in [6, 6.07) is 6.38. The van der Waals surface area contributed by atoms with Gasteiger partial charge in [-0.25, -0.2) is 14.4 Å². The molecule has 3 aromatic heterocycles. The normalized spacial score (nSPS) is 11.0. The highest BCUT2D eigenvalue weighted by Crippen LogP contribution is 2.26. The van der Waals surface area contributed by atoms with E-state index >= 15 is 0 Å². The van der Waals surface area contributed by atoms with Gasteiger partial charge >= 0.3 is 0 Å². The Hall–Kier alpha value is -2.58. The molecule has 120 valence electrons. The van der Waals surface area contributed by atoms with Crippen LogP contribution in [0.3, 0.4) is 0 Å². The number of amides is 1. The molecule has 0 unspecified atom stereocenters. The second-order valence-corrected chi connectivity index (χ2v) is 6.76. The average Bonchev–Trinajstić information content (AvgIpc) is 3.28. The molecule has 4 rings (SSSR count). The fourth-order valence-corrected chi connectivity index (χ4v) is 3.80. The van der Waals surface area contributed by atoms with Crippen molar-refractivity contribution in [2.24, 2.45) is 0 Å². The minimum Gasteiger partial charge on any atom is -0.345 e. The summed E-state index contributed by atoms with van der Waals surface area (Å²) in [7, 11) is 0. The van der Waals surface area contributed by atoms with E-state index in [4.69, 9.17) is 0 Å². The Labute approximate surface area is 144 Å². The molecule has 0 bridgehead atoms. The van der Waals surface area contributed by atoms with Gasteiger partial charge < -0.3 is 5.32 Å². The monoisotopic (exact) mass is 358 g/mol. The molecule has 1 amide bonds. The molecule has 0 radical (unpaired) electrons. The van der Waals surface area contributed by atoms with Crippen LogP contribution >= 0.6 is 22.7 Å². The molecule has 0 atom stereocenters. The predicted molar refractivity (Wildman–Crippen MR) is 91.7 cm³/mol. The number of benzene rings is 1. The van der Waals surface area contributed by atoms with Crippen LogP contribution in [-0.2, 0) is 6.54 Å². The minimum absolute atomic E-state index is 0.277. The fourth-order valence-electron chi connectivity index (χ4n) is 2.26. The summed E-state index contributed by atoms with van der Waals surface area (Å²) < 4.78 is 15.7. The SMILES string of the molecule is O=C(NCc1cn2ccsc2n1)c1csc(-c2ccccc2F)n1. The van der Waals surface area contributed by atoms with Crippen molar-refractivity contribution in [2.75, 3.05) is 0 Å². The molecular weight excluding hydrogens is 347 g/mol. The lowest BCUT2D eigenvalue weighted by atomic mass is 10.2. The van der Waals surface area contributed by atoms with E-state index in [-0.39, 0.29) is 17.4 Å². The highest BCUT2D eigenvalue weighted by molar-refractivity contribution is 7.15. The summed E-state index contributed by atoms with van der Waals surface area (Å²) in [5.41, 5.74) is 1.45. The van der Waals surface area contributed by atoms with Crippen molar-refractivity contribution >= 4 is 33.5 Å². The van der Waals surface area contributed by atoms with Crippen LogP contribution in [0.5, 0.6) is 0 Å². The van der Waals surface area contributed by atoms with Crippen LogP contribution in [0.4, 0.5) is 4.39 Å². The Morgan fingerprint density at radius 1 is 1.25 bits per heavy atom. The first kappa shape index (κ1) is 15.0. The van der Waals surface area contributed by atoms with E-state index in [9.17, 15) is 9.18 Å². The van der Waals surface area contributed by atoms with E-state index in [1.54, 1.807) is 23.6 Å². The van der Waals surface area contributed by atoms with Gasteiger partial charge in [0.15, 0.2) is 4.96 Å². The van der Waals surface area contributed by atoms with Gasteiger partial charge in [-0.1, -0.05) is 12.1 Å². The zero-order valence-electron chi connectivity index (χ0n) is 12.3. The molecule has 0 saturated carbocycles. The molecule has 0 aliphatic rings. The molecule has 0 spiro atoms. The van der Waals surface area contributed by atoms with Crippen molar-refractivity contribution in [1.82, 2.24) is 19.7 Å². The number of nitrogens with one attached hydrogen (secondary N) is 1. The van der Waals surface area contributed by atoms with Crippen LogP contribution in [0, 0.1) is 5.82 Å². The molecule has 5 nitrogen and oxygen atoms in total. The topological polar surface area (TPSA) is 59.3 Å². The second kappa shape index (κ2) is 6.14. The van der Waals surface area contributed by atoms with Gasteiger partial charge in [-0.15, -0.1) is 22.7 Å². The number of hydrogen-bond acceptors (Lipinski definition) is 5. The largest absolute Gasteiger partial charge is 0.345 e. The lowest BCUT2D eigenvalue weighted by Gasteiger charge is -2.00. The first-order valence-electron chi connectivity index (χ1n) is 7.10. The van der Waals surface area contributed by atoms with E-state index < -0.39 is 0 Å². The molecule has 0 saturated heterocycles. The Morgan fingerprint density at radius 2 is 2.12 bits per heavy atom. The molecular formula is C16H11FN4OS2. The van der Waals surface area contributed by atoms with Crippen LogP contribution in [0.25, 0.3) is 15.5 Å². The molecule has 0 aliphatic heterocycles. The lowest BCUT2D eigenvalue weighted by molar-refractivity contribution is 0.0946. The number of nitrogens with zero attached hydrogens (tertiary/aromatic N) is 3. The molecule has 0 aliphatic carbocycles. The number of rotatable bonds is 4. The quantitative estimate of drug-likeness (QED) is 0.606. The molecule has 0 fully saturated rings. The van der Waals surface area contributed by atoms with Crippen molar-refractivity contribution < 1.29 is 9.18 Å². The van der Waals surface area contributed by atoms with Crippen LogP contribution in [0.2, 0.25) is 0 Å². The van der Waals surface area contributed by atoms with E-state index in [1.165, 1.54) is 28.7 Å². The lowest BCUT2D eigenvalue weighted by Crippen LogP contribution is -2.23. The third-order valence-corrected chi connectivity index (χ3v) is 5.06. The Kier molecular flexibility index (Phi) is 3.83. The summed E-state index contributed by atoms with van der Waals surface area (Å²) in [5, 5.41) is 6.85. The Morgan fingerprint density at radius 3 is 2.96 bits per heavy atom. The van der Waals surface area contributed by atoms with Gasteiger partial charge in [-0.05, 0) is 12.1 Å². The van der Waals surface area contributed by atoms with Gasteiger partial charge in [0.2, 0.25) is 0 Å². The highest BCUT2D eigenvalue weighted by Gasteiger charge is 2.14. The highest BCUT2D eigenvalue weighted by atomic mass is 32.1. The van der Waals surface area contributed by atoms with Crippen LogP contribution in [0.1, 0.15) is 16.2 Å². The predicted octanol–water partition coefficient (Wildman–Crippen LogP) is 3.59. The smallest absolute Gasteiger partial charge is 0.271 e. The zero-order valence-corrected chi connectivity index (χ0v) is 13.9. The molecule has 8 heteroatoms. The second-order valence-electron chi connectivity index (χ2n) is 5.03. The standard InChI is InChI=1S/C16H11FN4OS2/c17-12-4-2-1-3-11(12)15-20-13(9-24-15)14(22)18-7-10-8-21-5-6-23-16(21)19-10/h1-6,8-9H,7H2,(H,18,22). The minimum atomic E-state index is -0.350. The van der Waals surface area contributed by atoms with E-state index in [2.05, 4.69) is 15.3 Å². The number of aromatic nitrogens is 3. The van der Waals surface area contributed by atoms with Gasteiger partial charge in [0.25, 0.3) is 5.91 Å². The Balaban J connectivity index is 1.47. The maximum absolute atomic E-state index is 13.8. The fraction of sp³-hybridized carbons (Fsp3) is 0.0625. The summed E-state index contributed by atoms with van der Waals surface area (Å²) in [6.45, 7) is 0.319. The van der Waals surface area contributed by atoms with E-state index in [1.807, 2.05) is 22.2 Å². The van der Waals surface area contributed by atoms with Gasteiger partial charge in [-0.3, -0.25) is 9.20 Å². The van der Waals surface area contributed by atoms with Crippen molar-refractivity contribution in [3.63, 3.8) is 0 Å². The number of imidazole rings is 1. The summed E-state index contributed by atoms with van der Waals surface area (Å²) in [4.78, 5) is 21.7. The molecule has 24 heavy (non-hydrogen) atoms. The number of halogens is 1. The average molecular weight is 358 g/mol. The third kappa shape index (κ3) is 2.81. The van der Waals surface area contributed by atoms with E-state index in [0.717, 1.165) is 10.7 Å². The molecule has 4 aromatic rings. The van der Waals surface area contributed by atoms with Gasteiger partial charge in [0.1, 0.15) is 16.5 Å². The van der Waals surface area contributed by atoms with Crippen LogP contribution < -0.4 is 5.32 Å². The van der Waals surface area contributed by atoms with Crippen molar-refractivity contribution in [3.05, 3.63) is 64.6 Å².